The molecule has 0 amide bonds. The predicted molar refractivity (Wildman–Crippen MR) is 68.0 cm³/mol. The summed E-state index contributed by atoms with van der Waals surface area (Å²) in [6.45, 7) is 1.97. The van der Waals surface area contributed by atoms with Crippen molar-refractivity contribution in [2.75, 3.05) is 12.4 Å². The molecular weight excluding hydrogens is 240 g/mol. The van der Waals surface area contributed by atoms with Gasteiger partial charge in [-0.1, -0.05) is 11.8 Å². The number of hydrogen-bond donors (Lipinski definition) is 1. The Labute approximate surface area is 103 Å². The average Bonchev–Trinajstić information content (AvgIpc) is 2.78. The van der Waals surface area contributed by atoms with Gasteiger partial charge in [0.05, 0.1) is 5.75 Å². The maximum absolute atomic E-state index is 4.39. The van der Waals surface area contributed by atoms with Crippen molar-refractivity contribution >= 4 is 28.9 Å². The Balaban J connectivity index is 2.06. The van der Waals surface area contributed by atoms with Gasteiger partial charge in [-0.3, -0.25) is 0 Å². The Kier molecular flexibility index (Phi) is 3.74. The molecule has 0 aromatic carbocycles. The molecule has 84 valence electrons. The molecule has 6 heteroatoms. The number of thioether (sulfide) groups is 1. The smallest absolute Gasteiger partial charge is 0.150 e. The van der Waals surface area contributed by atoms with E-state index in [0.717, 1.165) is 27.4 Å². The first-order chi connectivity index (χ1) is 7.78. The van der Waals surface area contributed by atoms with E-state index in [1.54, 1.807) is 23.1 Å². The van der Waals surface area contributed by atoms with E-state index in [0.29, 0.717) is 0 Å². The molecule has 0 fully saturated rings. The molecule has 1 N–H and O–H groups in total. The van der Waals surface area contributed by atoms with Crippen LogP contribution in [0.2, 0.25) is 0 Å². The van der Waals surface area contributed by atoms with Crippen molar-refractivity contribution in [2.45, 2.75) is 17.0 Å². The van der Waals surface area contributed by atoms with Crippen molar-refractivity contribution in [3.8, 4) is 0 Å². The maximum atomic E-state index is 4.39. The highest BCUT2D eigenvalue weighted by molar-refractivity contribution is 8.00. The highest BCUT2D eigenvalue weighted by atomic mass is 32.2. The topological polar surface area (TPSA) is 50.7 Å². The van der Waals surface area contributed by atoms with Gasteiger partial charge in [0.25, 0.3) is 0 Å². The predicted octanol–water partition coefficient (Wildman–Crippen LogP) is 2.58. The van der Waals surface area contributed by atoms with Gasteiger partial charge in [0, 0.05) is 30.4 Å². The number of nitrogens with one attached hydrogen (secondary N) is 1. The van der Waals surface area contributed by atoms with Crippen molar-refractivity contribution in [3.05, 3.63) is 29.2 Å². The lowest BCUT2D eigenvalue weighted by Gasteiger charge is -2.04. The number of aromatic nitrogens is 3. The Hall–Kier alpha value is -1.14. The molecule has 0 aliphatic heterocycles. The fourth-order valence-electron chi connectivity index (χ4n) is 1.23. The lowest BCUT2D eigenvalue weighted by atomic mass is 10.4. The molecule has 0 saturated heterocycles. The Bertz CT molecular complexity index is 456. The van der Waals surface area contributed by atoms with Gasteiger partial charge in [-0.15, -0.1) is 11.3 Å². The first-order valence-corrected chi connectivity index (χ1v) is 6.69. The van der Waals surface area contributed by atoms with E-state index in [1.807, 2.05) is 31.6 Å². The average molecular weight is 252 g/mol. The molecule has 16 heavy (non-hydrogen) atoms. The summed E-state index contributed by atoms with van der Waals surface area (Å²) in [5, 5.41) is 5.00. The molecule has 2 rings (SSSR count). The van der Waals surface area contributed by atoms with Crippen LogP contribution in [0.1, 0.15) is 11.5 Å². The third-order valence-electron chi connectivity index (χ3n) is 1.89. The minimum Gasteiger partial charge on any atom is -0.373 e. The highest BCUT2D eigenvalue weighted by Gasteiger charge is 2.03. The summed E-state index contributed by atoms with van der Waals surface area (Å²) >= 11 is 3.30. The number of anilines is 1. The van der Waals surface area contributed by atoms with Gasteiger partial charge in [-0.25, -0.2) is 15.0 Å². The van der Waals surface area contributed by atoms with Crippen LogP contribution in [0.3, 0.4) is 0 Å². The molecule has 0 bridgehead atoms. The van der Waals surface area contributed by atoms with E-state index in [2.05, 4.69) is 20.3 Å². The summed E-state index contributed by atoms with van der Waals surface area (Å²) in [5.41, 5.74) is 0.981. The first-order valence-electron chi connectivity index (χ1n) is 4.82. The molecule has 0 spiro atoms. The third-order valence-corrected chi connectivity index (χ3v) is 3.85. The molecule has 0 atom stereocenters. The molecule has 0 unspecified atom stereocenters. The van der Waals surface area contributed by atoms with Crippen LogP contribution in [-0.2, 0) is 5.75 Å². The van der Waals surface area contributed by atoms with E-state index in [1.165, 1.54) is 0 Å². The van der Waals surface area contributed by atoms with Crippen LogP contribution in [0.25, 0.3) is 0 Å². The molecule has 0 radical (unpaired) electrons. The zero-order valence-electron chi connectivity index (χ0n) is 9.10. The first kappa shape index (κ1) is 11.3. The molecule has 4 nitrogen and oxygen atoms in total. The van der Waals surface area contributed by atoms with E-state index in [-0.39, 0.29) is 0 Å². The maximum Gasteiger partial charge on any atom is 0.150 e. The van der Waals surface area contributed by atoms with Crippen LogP contribution < -0.4 is 5.32 Å². The highest BCUT2D eigenvalue weighted by Crippen LogP contribution is 2.23. The Morgan fingerprint density at radius 1 is 1.44 bits per heavy atom. The van der Waals surface area contributed by atoms with Gasteiger partial charge in [0.1, 0.15) is 16.0 Å². The van der Waals surface area contributed by atoms with Gasteiger partial charge < -0.3 is 5.32 Å². The minimum atomic E-state index is 0.754. The summed E-state index contributed by atoms with van der Waals surface area (Å²) in [5.74, 6) is 2.45. The third kappa shape index (κ3) is 2.93. The van der Waals surface area contributed by atoms with Crippen molar-refractivity contribution in [2.24, 2.45) is 0 Å². The van der Waals surface area contributed by atoms with Gasteiger partial charge >= 0.3 is 0 Å². The van der Waals surface area contributed by atoms with Crippen molar-refractivity contribution in [1.82, 2.24) is 15.0 Å². The van der Waals surface area contributed by atoms with Crippen LogP contribution in [-0.4, -0.2) is 22.0 Å². The van der Waals surface area contributed by atoms with E-state index < -0.39 is 0 Å². The fraction of sp³-hybridized carbons (Fsp3) is 0.300. The quantitative estimate of drug-likeness (QED) is 0.848. The number of hydrogen-bond acceptors (Lipinski definition) is 6. The van der Waals surface area contributed by atoms with E-state index in [9.17, 15) is 0 Å². The fourth-order valence-corrected chi connectivity index (χ4v) is 2.72. The Morgan fingerprint density at radius 2 is 2.31 bits per heavy atom. The molecule has 0 aliphatic rings. The lowest BCUT2D eigenvalue weighted by molar-refractivity contribution is 0.996. The van der Waals surface area contributed by atoms with Crippen LogP contribution in [0.4, 0.5) is 5.82 Å². The monoisotopic (exact) mass is 252 g/mol. The van der Waals surface area contributed by atoms with Crippen LogP contribution >= 0.6 is 23.1 Å². The number of aryl methyl sites for hydroxylation is 1. The second-order valence-corrected chi connectivity index (χ2v) is 5.26. The van der Waals surface area contributed by atoms with E-state index >= 15 is 0 Å². The second-order valence-electron chi connectivity index (χ2n) is 3.15. The zero-order valence-corrected chi connectivity index (χ0v) is 10.7. The Morgan fingerprint density at radius 3 is 3.00 bits per heavy atom. The minimum absolute atomic E-state index is 0.754. The standard InChI is InChI=1S/C10H12N4S2/c1-7-5-8(11-2)14-9(13-7)6-16-10-12-3-4-15-10/h3-5H,6H2,1-2H3,(H,11,13,14). The number of rotatable bonds is 4. The van der Waals surface area contributed by atoms with Gasteiger partial charge in [0.15, 0.2) is 0 Å². The van der Waals surface area contributed by atoms with Gasteiger partial charge in [-0.05, 0) is 6.92 Å². The molecule has 0 aliphatic carbocycles. The molecule has 2 aromatic rings. The van der Waals surface area contributed by atoms with Crippen LogP contribution in [0, 0.1) is 6.92 Å². The second kappa shape index (κ2) is 5.27. The molecular formula is C10H12N4S2. The van der Waals surface area contributed by atoms with Crippen LogP contribution in [0.5, 0.6) is 0 Å². The number of nitrogens with zero attached hydrogens (tertiary/aromatic N) is 3. The number of thiazole rings is 1. The molecule has 2 aromatic heterocycles. The zero-order chi connectivity index (χ0) is 11.4. The normalized spacial score (nSPS) is 10.4. The summed E-state index contributed by atoms with van der Waals surface area (Å²) in [4.78, 5) is 13.0. The van der Waals surface area contributed by atoms with Crippen molar-refractivity contribution in [3.63, 3.8) is 0 Å². The SMILES string of the molecule is CNc1cc(C)nc(CSc2nccs2)n1. The van der Waals surface area contributed by atoms with Crippen molar-refractivity contribution < 1.29 is 0 Å². The van der Waals surface area contributed by atoms with Gasteiger partial charge in [-0.2, -0.15) is 0 Å². The van der Waals surface area contributed by atoms with Crippen molar-refractivity contribution in [1.29, 1.82) is 0 Å². The molecule has 0 saturated carbocycles. The summed E-state index contributed by atoms with van der Waals surface area (Å²) < 4.78 is 1.05. The van der Waals surface area contributed by atoms with E-state index in [4.69, 9.17) is 0 Å². The lowest BCUT2D eigenvalue weighted by Crippen LogP contribution is -2.00. The molecule has 2 heterocycles. The summed E-state index contributed by atoms with van der Waals surface area (Å²) in [6.07, 6.45) is 1.81. The summed E-state index contributed by atoms with van der Waals surface area (Å²) in [6, 6.07) is 1.93. The van der Waals surface area contributed by atoms with Crippen LogP contribution in [0.15, 0.2) is 22.0 Å². The largest absolute Gasteiger partial charge is 0.373 e. The summed E-state index contributed by atoms with van der Waals surface area (Å²) in [7, 11) is 1.86. The van der Waals surface area contributed by atoms with Gasteiger partial charge in [0.2, 0.25) is 0 Å².